The molecule has 1 aromatic rings. The Kier molecular flexibility index (Phi) is 6.10. The molecule has 10 heteroatoms. The molecule has 1 spiro atoms. The first-order valence-corrected chi connectivity index (χ1v) is 10.1. The first kappa shape index (κ1) is 21.5. The molecule has 1 unspecified atom stereocenters. The number of rotatable bonds is 4. The number of phenols is 1. The number of amides is 2. The van der Waals surface area contributed by atoms with Crippen molar-refractivity contribution in [1.82, 2.24) is 10.2 Å². The molecule has 2 N–H and O–H groups in total. The molecule has 2 heterocycles. The molecular weight excluding hydrogens is 414 g/mol. The van der Waals surface area contributed by atoms with Gasteiger partial charge in [0.1, 0.15) is 12.4 Å². The maximum absolute atomic E-state index is 13.6. The first-order chi connectivity index (χ1) is 14.8. The summed E-state index contributed by atoms with van der Waals surface area (Å²) in [6.45, 7) is 0.942. The van der Waals surface area contributed by atoms with Crippen molar-refractivity contribution in [3.05, 3.63) is 35.4 Å². The number of morpholine rings is 1. The summed E-state index contributed by atoms with van der Waals surface area (Å²) in [7, 11) is 0. The van der Waals surface area contributed by atoms with Gasteiger partial charge in [0.2, 0.25) is 5.91 Å². The van der Waals surface area contributed by atoms with E-state index in [9.17, 15) is 23.5 Å². The third-order valence-corrected chi connectivity index (χ3v) is 5.85. The molecule has 0 bridgehead atoms. The van der Waals surface area contributed by atoms with Gasteiger partial charge in [0.05, 0.1) is 18.2 Å². The normalized spacial score (nSPS) is 26.0. The van der Waals surface area contributed by atoms with E-state index < -0.39 is 29.0 Å². The van der Waals surface area contributed by atoms with Crippen LogP contribution in [-0.4, -0.2) is 66.7 Å². The number of carbonyl (C=O) groups excluding carboxylic acids is 2. The lowest BCUT2D eigenvalue weighted by atomic mass is 9.91. The molecule has 1 aromatic carbocycles. The zero-order chi connectivity index (χ0) is 22.0. The van der Waals surface area contributed by atoms with Crippen LogP contribution in [0.3, 0.4) is 0 Å². The minimum absolute atomic E-state index is 0.0331. The summed E-state index contributed by atoms with van der Waals surface area (Å²) in [5, 5.41) is 12.7. The third-order valence-electron chi connectivity index (χ3n) is 5.85. The molecule has 2 saturated heterocycles. The van der Waals surface area contributed by atoms with Crippen molar-refractivity contribution in [2.45, 2.75) is 37.3 Å². The minimum atomic E-state index is -0.996. The lowest BCUT2D eigenvalue weighted by Crippen LogP contribution is -2.58. The molecule has 2 aliphatic heterocycles. The highest BCUT2D eigenvalue weighted by atomic mass is 19.1. The summed E-state index contributed by atoms with van der Waals surface area (Å²) in [6, 6.07) is 1.75. The van der Waals surface area contributed by atoms with Crippen LogP contribution in [0.4, 0.5) is 13.6 Å². The molecule has 0 saturated carbocycles. The number of carbonyl (C=O) groups is 2. The van der Waals surface area contributed by atoms with Crippen molar-refractivity contribution in [2.24, 2.45) is 0 Å². The van der Waals surface area contributed by atoms with Gasteiger partial charge < -0.3 is 29.5 Å². The topological polar surface area (TPSA) is 97.3 Å². The largest absolute Gasteiger partial charge is 0.504 e. The minimum Gasteiger partial charge on any atom is -0.504 e. The van der Waals surface area contributed by atoms with Crippen LogP contribution >= 0.6 is 0 Å². The molecule has 2 atom stereocenters. The zero-order valence-electron chi connectivity index (χ0n) is 16.9. The summed E-state index contributed by atoms with van der Waals surface area (Å²) >= 11 is 0. The lowest BCUT2D eigenvalue weighted by Gasteiger charge is -2.33. The van der Waals surface area contributed by atoms with Crippen LogP contribution in [-0.2, 0) is 19.0 Å². The van der Waals surface area contributed by atoms with Gasteiger partial charge in [-0.2, -0.15) is 0 Å². The van der Waals surface area contributed by atoms with Gasteiger partial charge in [-0.25, -0.2) is 13.6 Å². The number of hydrogen-bond donors (Lipinski definition) is 2. The summed E-state index contributed by atoms with van der Waals surface area (Å²) in [5.74, 6) is -2.50. The van der Waals surface area contributed by atoms with E-state index in [0.29, 0.717) is 57.0 Å². The van der Waals surface area contributed by atoms with E-state index in [0.717, 1.165) is 6.07 Å². The number of ether oxygens (including phenoxy) is 3. The maximum Gasteiger partial charge on any atom is 0.411 e. The van der Waals surface area contributed by atoms with Crippen molar-refractivity contribution >= 4 is 17.6 Å². The molecule has 1 aliphatic carbocycles. The van der Waals surface area contributed by atoms with Gasteiger partial charge >= 0.3 is 6.09 Å². The fraction of sp³-hybridized carbons (Fsp3) is 0.524. The van der Waals surface area contributed by atoms with E-state index >= 15 is 0 Å². The average molecular weight is 438 g/mol. The first-order valence-electron chi connectivity index (χ1n) is 10.1. The Bertz CT molecular complexity index is 908. The average Bonchev–Trinajstić information content (AvgIpc) is 3.14. The Labute approximate surface area is 177 Å². The second-order valence-corrected chi connectivity index (χ2v) is 8.10. The second kappa shape index (κ2) is 8.80. The predicted octanol–water partition coefficient (Wildman–Crippen LogP) is 2.31. The van der Waals surface area contributed by atoms with Crippen LogP contribution in [0.25, 0.3) is 5.57 Å². The Morgan fingerprint density at radius 2 is 2.23 bits per heavy atom. The molecule has 2 amide bonds. The fourth-order valence-electron chi connectivity index (χ4n) is 4.24. The summed E-state index contributed by atoms with van der Waals surface area (Å²) < 4.78 is 43.1. The Balaban J connectivity index is 1.23. The summed E-state index contributed by atoms with van der Waals surface area (Å²) in [4.78, 5) is 25.4. The molecule has 0 aromatic heterocycles. The predicted molar refractivity (Wildman–Crippen MR) is 104 cm³/mol. The number of hydrogen-bond acceptors (Lipinski definition) is 6. The van der Waals surface area contributed by atoms with E-state index in [1.165, 1.54) is 4.90 Å². The number of aromatic hydroxyl groups is 1. The van der Waals surface area contributed by atoms with Gasteiger partial charge in [-0.05, 0) is 37.3 Å². The molecule has 31 heavy (non-hydrogen) atoms. The highest BCUT2D eigenvalue weighted by molar-refractivity contribution is 5.79. The van der Waals surface area contributed by atoms with Crippen molar-refractivity contribution in [3.8, 4) is 5.75 Å². The van der Waals surface area contributed by atoms with Gasteiger partial charge in [0.25, 0.3) is 0 Å². The summed E-state index contributed by atoms with van der Waals surface area (Å²) in [6.07, 6.45) is 3.09. The Morgan fingerprint density at radius 3 is 2.97 bits per heavy atom. The van der Waals surface area contributed by atoms with Crippen LogP contribution in [0, 0.1) is 11.6 Å². The SMILES string of the molecule is O=C1COCC2(CCN(C(=O)OCO[C@H]3CC=C(c4cc(F)cc(F)c4O)CC3)C2)N1. The molecule has 2 fully saturated rings. The Hall–Kier alpha value is -2.72. The van der Waals surface area contributed by atoms with Crippen molar-refractivity contribution < 1.29 is 37.7 Å². The fourth-order valence-corrected chi connectivity index (χ4v) is 4.24. The maximum atomic E-state index is 13.6. The smallest absolute Gasteiger partial charge is 0.411 e. The highest BCUT2D eigenvalue weighted by Gasteiger charge is 2.44. The van der Waals surface area contributed by atoms with E-state index in [1.54, 1.807) is 6.08 Å². The summed E-state index contributed by atoms with van der Waals surface area (Å²) in [5.41, 5.74) is 0.234. The van der Waals surface area contributed by atoms with Crippen LogP contribution in [0.5, 0.6) is 5.75 Å². The number of phenolic OH excluding ortho intramolecular Hbond substituents is 1. The van der Waals surface area contributed by atoms with Crippen molar-refractivity contribution in [1.29, 1.82) is 0 Å². The van der Waals surface area contributed by atoms with Crippen molar-refractivity contribution in [2.75, 3.05) is 33.1 Å². The van der Waals surface area contributed by atoms with E-state index in [4.69, 9.17) is 14.2 Å². The monoisotopic (exact) mass is 438 g/mol. The van der Waals surface area contributed by atoms with Gasteiger partial charge in [0, 0.05) is 24.7 Å². The van der Waals surface area contributed by atoms with Crippen LogP contribution in [0.15, 0.2) is 18.2 Å². The molecule has 0 radical (unpaired) electrons. The zero-order valence-corrected chi connectivity index (χ0v) is 16.9. The molecule has 168 valence electrons. The highest BCUT2D eigenvalue weighted by Crippen LogP contribution is 2.35. The van der Waals surface area contributed by atoms with Gasteiger partial charge in [-0.15, -0.1) is 0 Å². The van der Waals surface area contributed by atoms with Gasteiger partial charge in [-0.3, -0.25) is 4.79 Å². The quantitative estimate of drug-likeness (QED) is 0.701. The standard InChI is InChI=1S/C21H24F2N2O6/c22-14-7-16(19(27)17(23)8-14)13-1-3-15(4-2-13)30-12-31-20(28)25-6-5-21(10-25)11-29-9-18(26)24-21/h1,7-8,15,27H,2-6,9-12H2,(H,24,26)/t15-,21?/m0/s1. The molecule has 4 rings (SSSR count). The van der Waals surface area contributed by atoms with Crippen LogP contribution < -0.4 is 5.32 Å². The van der Waals surface area contributed by atoms with Gasteiger partial charge in [-0.1, -0.05) is 6.08 Å². The number of nitrogens with one attached hydrogen (secondary N) is 1. The number of allylic oxidation sites excluding steroid dienone is 1. The van der Waals surface area contributed by atoms with E-state index in [1.807, 2.05) is 0 Å². The Morgan fingerprint density at radius 1 is 1.39 bits per heavy atom. The van der Waals surface area contributed by atoms with E-state index in [-0.39, 0.29) is 31.0 Å². The van der Waals surface area contributed by atoms with Crippen LogP contribution in [0.1, 0.15) is 31.2 Å². The second-order valence-electron chi connectivity index (χ2n) is 8.10. The molecule has 8 nitrogen and oxygen atoms in total. The molecular formula is C21H24F2N2O6. The third kappa shape index (κ3) is 4.80. The van der Waals surface area contributed by atoms with Crippen LogP contribution in [0.2, 0.25) is 0 Å². The number of benzene rings is 1. The number of halogens is 2. The lowest BCUT2D eigenvalue weighted by molar-refractivity contribution is -0.134. The van der Waals surface area contributed by atoms with Crippen molar-refractivity contribution in [3.63, 3.8) is 0 Å². The number of likely N-dealkylation sites (tertiary alicyclic amines) is 1. The van der Waals surface area contributed by atoms with Gasteiger partial charge in [0.15, 0.2) is 18.4 Å². The number of nitrogens with zero attached hydrogens (tertiary/aromatic N) is 1. The molecule has 3 aliphatic rings. The van der Waals surface area contributed by atoms with E-state index in [2.05, 4.69) is 5.32 Å².